The Morgan fingerprint density at radius 1 is 1.43 bits per heavy atom. The van der Waals surface area contributed by atoms with Gasteiger partial charge in [-0.25, -0.2) is 13.9 Å². The minimum Gasteiger partial charge on any atom is -0.464 e. The first-order chi connectivity index (χ1) is 10.1. The second-order valence-corrected chi connectivity index (χ2v) is 4.85. The second kappa shape index (κ2) is 6.47. The van der Waals surface area contributed by atoms with Gasteiger partial charge in [0, 0.05) is 0 Å². The van der Waals surface area contributed by atoms with Crippen molar-refractivity contribution in [3.63, 3.8) is 0 Å². The van der Waals surface area contributed by atoms with Crippen LogP contribution < -0.4 is 0 Å². The Kier molecular flexibility index (Phi) is 4.67. The maximum atomic E-state index is 13.1. The maximum absolute atomic E-state index is 13.1. The van der Waals surface area contributed by atoms with Crippen LogP contribution >= 0.6 is 0 Å². The van der Waals surface area contributed by atoms with Crippen LogP contribution in [0.15, 0.2) is 18.2 Å². The molecule has 1 aromatic carbocycles. The Balaban J connectivity index is 2.35. The zero-order valence-corrected chi connectivity index (χ0v) is 12.4. The number of ether oxygens (including phenoxy) is 1. The highest BCUT2D eigenvalue weighted by molar-refractivity contribution is 5.88. The minimum absolute atomic E-state index is 0.249. The summed E-state index contributed by atoms with van der Waals surface area (Å²) < 4.78 is 19.5. The van der Waals surface area contributed by atoms with E-state index in [2.05, 4.69) is 10.3 Å². The highest BCUT2D eigenvalue weighted by atomic mass is 19.1. The van der Waals surface area contributed by atoms with E-state index in [0.29, 0.717) is 13.0 Å². The predicted molar refractivity (Wildman–Crippen MR) is 75.6 cm³/mol. The van der Waals surface area contributed by atoms with Gasteiger partial charge in [-0.2, -0.15) is 0 Å². The van der Waals surface area contributed by atoms with Crippen LogP contribution in [0.2, 0.25) is 0 Å². The fourth-order valence-corrected chi connectivity index (χ4v) is 2.20. The highest BCUT2D eigenvalue weighted by Gasteiger charge is 2.19. The van der Waals surface area contributed by atoms with E-state index in [1.807, 2.05) is 13.8 Å². The van der Waals surface area contributed by atoms with E-state index in [-0.39, 0.29) is 11.5 Å². The molecule has 0 unspecified atom stereocenters. The van der Waals surface area contributed by atoms with Gasteiger partial charge in [-0.1, -0.05) is 24.6 Å². The predicted octanol–water partition coefficient (Wildman–Crippen LogP) is 2.51. The monoisotopic (exact) mass is 291 g/mol. The van der Waals surface area contributed by atoms with E-state index >= 15 is 0 Å². The third-order valence-corrected chi connectivity index (χ3v) is 3.33. The summed E-state index contributed by atoms with van der Waals surface area (Å²) >= 11 is 0. The molecule has 0 saturated carbocycles. The van der Waals surface area contributed by atoms with Crippen LogP contribution in [-0.2, 0) is 17.7 Å². The van der Waals surface area contributed by atoms with Gasteiger partial charge in [0.2, 0.25) is 0 Å². The van der Waals surface area contributed by atoms with E-state index in [0.717, 1.165) is 23.2 Å². The van der Waals surface area contributed by atoms with Crippen LogP contribution in [0, 0.1) is 12.7 Å². The summed E-state index contributed by atoms with van der Waals surface area (Å²) in [6.45, 7) is 4.31. The van der Waals surface area contributed by atoms with Crippen molar-refractivity contribution in [3.8, 4) is 0 Å². The molecule has 0 radical (unpaired) electrons. The first kappa shape index (κ1) is 15.2. The lowest BCUT2D eigenvalue weighted by molar-refractivity contribution is 0.0592. The Bertz CT molecular complexity index is 652. The van der Waals surface area contributed by atoms with E-state index < -0.39 is 5.97 Å². The van der Waals surface area contributed by atoms with E-state index in [1.165, 1.54) is 19.2 Å². The molecule has 112 valence electrons. The molecule has 1 heterocycles. The number of aryl methyl sites for hydroxylation is 1. The quantitative estimate of drug-likeness (QED) is 0.794. The Morgan fingerprint density at radius 2 is 2.19 bits per heavy atom. The topological polar surface area (TPSA) is 57.0 Å². The summed E-state index contributed by atoms with van der Waals surface area (Å²) in [5, 5.41) is 7.95. The summed E-state index contributed by atoms with van der Waals surface area (Å²) in [7, 11) is 1.32. The number of carbonyl (C=O) groups is 1. The largest absolute Gasteiger partial charge is 0.464 e. The molecule has 0 atom stereocenters. The molecule has 21 heavy (non-hydrogen) atoms. The van der Waals surface area contributed by atoms with Gasteiger partial charge < -0.3 is 4.74 Å². The van der Waals surface area contributed by atoms with Crippen LogP contribution in [0.25, 0.3) is 0 Å². The fraction of sp³-hybridized carbons (Fsp3) is 0.400. The molecule has 6 heteroatoms. The maximum Gasteiger partial charge on any atom is 0.360 e. The van der Waals surface area contributed by atoms with Crippen molar-refractivity contribution in [3.05, 3.63) is 46.5 Å². The molecule has 0 aliphatic rings. The third kappa shape index (κ3) is 3.26. The average molecular weight is 291 g/mol. The highest BCUT2D eigenvalue weighted by Crippen LogP contribution is 2.15. The lowest BCUT2D eigenvalue weighted by atomic mass is 10.1. The summed E-state index contributed by atoms with van der Waals surface area (Å²) in [6, 6.07) is 4.62. The molecule has 0 N–H and O–H groups in total. The smallest absolute Gasteiger partial charge is 0.360 e. The number of carbonyl (C=O) groups excluding carboxylic acids is 1. The number of halogens is 1. The fourth-order valence-electron chi connectivity index (χ4n) is 2.20. The Morgan fingerprint density at radius 3 is 2.81 bits per heavy atom. The zero-order valence-electron chi connectivity index (χ0n) is 12.4. The van der Waals surface area contributed by atoms with Crippen molar-refractivity contribution in [2.24, 2.45) is 0 Å². The molecular formula is C15H18FN3O2. The summed E-state index contributed by atoms with van der Waals surface area (Å²) in [5.74, 6) is -0.751. The van der Waals surface area contributed by atoms with Gasteiger partial charge in [-0.05, 0) is 36.6 Å². The number of rotatable bonds is 5. The van der Waals surface area contributed by atoms with Crippen LogP contribution in [-0.4, -0.2) is 28.1 Å². The molecule has 0 spiro atoms. The molecule has 5 nitrogen and oxygen atoms in total. The molecular weight excluding hydrogens is 273 g/mol. The van der Waals surface area contributed by atoms with Crippen LogP contribution in [0.1, 0.15) is 40.7 Å². The molecule has 0 amide bonds. The standard InChI is InChI=1S/C15H18FN3O2/c1-4-5-13-14(15(20)21-3)17-18-19(13)9-11-6-7-12(16)8-10(11)2/h6-8H,4-5,9H2,1-3H3. The summed E-state index contributed by atoms with van der Waals surface area (Å²) in [6.07, 6.45) is 1.54. The van der Waals surface area contributed by atoms with Gasteiger partial charge in [0.05, 0.1) is 19.3 Å². The van der Waals surface area contributed by atoms with Crippen molar-refractivity contribution in [1.29, 1.82) is 0 Å². The van der Waals surface area contributed by atoms with Crippen LogP contribution in [0.4, 0.5) is 4.39 Å². The van der Waals surface area contributed by atoms with Crippen molar-refractivity contribution in [1.82, 2.24) is 15.0 Å². The van der Waals surface area contributed by atoms with Crippen molar-refractivity contribution in [2.75, 3.05) is 7.11 Å². The number of aromatic nitrogens is 3. The van der Waals surface area contributed by atoms with Crippen molar-refractivity contribution in [2.45, 2.75) is 33.2 Å². The Hall–Kier alpha value is -2.24. The van der Waals surface area contributed by atoms with Gasteiger partial charge in [0.25, 0.3) is 0 Å². The number of esters is 1. The lowest BCUT2D eigenvalue weighted by Gasteiger charge is -2.09. The first-order valence-corrected chi connectivity index (χ1v) is 6.82. The van der Waals surface area contributed by atoms with Crippen LogP contribution in [0.5, 0.6) is 0 Å². The number of methoxy groups -OCH3 is 1. The molecule has 1 aromatic heterocycles. The number of nitrogens with zero attached hydrogens (tertiary/aromatic N) is 3. The van der Waals surface area contributed by atoms with Gasteiger partial charge in [-0.15, -0.1) is 5.10 Å². The number of benzene rings is 1. The third-order valence-electron chi connectivity index (χ3n) is 3.33. The SMILES string of the molecule is CCCc1c(C(=O)OC)nnn1Cc1ccc(F)cc1C. The van der Waals surface area contributed by atoms with Gasteiger partial charge in [-0.3, -0.25) is 0 Å². The van der Waals surface area contributed by atoms with Gasteiger partial charge >= 0.3 is 5.97 Å². The van der Waals surface area contributed by atoms with Crippen LogP contribution in [0.3, 0.4) is 0 Å². The van der Waals surface area contributed by atoms with E-state index in [1.54, 1.807) is 10.7 Å². The summed E-state index contributed by atoms with van der Waals surface area (Å²) in [5.41, 5.74) is 2.77. The van der Waals surface area contributed by atoms with Gasteiger partial charge in [0.1, 0.15) is 5.82 Å². The van der Waals surface area contributed by atoms with Crippen molar-refractivity contribution >= 4 is 5.97 Å². The molecule has 2 rings (SSSR count). The molecule has 0 saturated heterocycles. The zero-order chi connectivity index (χ0) is 15.4. The number of hydrogen-bond donors (Lipinski definition) is 0. The summed E-state index contributed by atoms with van der Waals surface area (Å²) in [4.78, 5) is 11.7. The number of hydrogen-bond acceptors (Lipinski definition) is 4. The molecule has 0 aliphatic heterocycles. The normalized spacial score (nSPS) is 10.7. The average Bonchev–Trinajstić information content (AvgIpc) is 2.84. The minimum atomic E-state index is -0.486. The van der Waals surface area contributed by atoms with Crippen molar-refractivity contribution < 1.29 is 13.9 Å². The lowest BCUT2D eigenvalue weighted by Crippen LogP contribution is -2.11. The molecule has 0 fully saturated rings. The molecule has 0 aliphatic carbocycles. The van der Waals surface area contributed by atoms with Gasteiger partial charge in [0.15, 0.2) is 5.69 Å². The van der Waals surface area contributed by atoms with E-state index in [9.17, 15) is 9.18 Å². The molecule has 0 bridgehead atoms. The Labute approximate surface area is 122 Å². The van der Waals surface area contributed by atoms with E-state index in [4.69, 9.17) is 4.74 Å². The molecule has 2 aromatic rings. The second-order valence-electron chi connectivity index (χ2n) is 4.85. The first-order valence-electron chi connectivity index (χ1n) is 6.82.